The largest absolute Gasteiger partial charge is 0.463 e. The molecule has 2 aromatic rings. The van der Waals surface area contributed by atoms with E-state index in [-0.39, 0.29) is 5.76 Å². The molecule has 1 heterocycles. The minimum atomic E-state index is -0.476. The van der Waals surface area contributed by atoms with Crippen LogP contribution in [0.5, 0.6) is 0 Å². The normalized spacial score (nSPS) is 10.6. The number of ether oxygens (including phenoxy) is 1. The van der Waals surface area contributed by atoms with Crippen LogP contribution < -0.4 is 0 Å². The molecule has 0 saturated carbocycles. The molecule has 20 heavy (non-hydrogen) atoms. The number of hydrogen-bond acceptors (Lipinski definition) is 4. The van der Waals surface area contributed by atoms with Gasteiger partial charge in [-0.3, -0.25) is 0 Å². The molecule has 0 N–H and O–H groups in total. The van der Waals surface area contributed by atoms with Gasteiger partial charge in [0.05, 0.1) is 12.8 Å². The van der Waals surface area contributed by atoms with Crippen molar-refractivity contribution in [2.75, 3.05) is 7.11 Å². The number of methoxy groups -OCH3 is 1. The van der Waals surface area contributed by atoms with Crippen LogP contribution in [-0.4, -0.2) is 18.1 Å². The van der Waals surface area contributed by atoms with Gasteiger partial charge < -0.3 is 9.15 Å². The van der Waals surface area contributed by atoms with Gasteiger partial charge >= 0.3 is 5.97 Å². The fraction of sp³-hybridized carbons (Fsp3) is 0.375. The molecular weight excluding hydrogens is 254 g/mol. The van der Waals surface area contributed by atoms with Crippen LogP contribution in [0.4, 0.5) is 0 Å². The highest BCUT2D eigenvalue weighted by Crippen LogP contribution is 2.25. The van der Waals surface area contributed by atoms with Crippen molar-refractivity contribution in [3.05, 3.63) is 40.8 Å². The molecule has 0 radical (unpaired) electrons. The average Bonchev–Trinajstić information content (AvgIpc) is 2.85. The smallest absolute Gasteiger partial charge is 0.376 e. The first-order valence-electron chi connectivity index (χ1n) is 6.72. The zero-order valence-corrected chi connectivity index (χ0v) is 12.3. The van der Waals surface area contributed by atoms with Crippen molar-refractivity contribution < 1.29 is 13.9 Å². The predicted molar refractivity (Wildman–Crippen MR) is 76.7 cm³/mol. The highest BCUT2D eigenvalue weighted by molar-refractivity contribution is 5.88. The number of oxazole rings is 1. The van der Waals surface area contributed by atoms with Gasteiger partial charge in [0.15, 0.2) is 0 Å². The molecule has 0 unspecified atom stereocenters. The van der Waals surface area contributed by atoms with E-state index in [1.165, 1.54) is 12.7 Å². The third-order valence-corrected chi connectivity index (χ3v) is 3.31. The zero-order chi connectivity index (χ0) is 14.7. The molecule has 0 spiro atoms. The second kappa shape index (κ2) is 5.90. The molecule has 4 nitrogen and oxygen atoms in total. The highest BCUT2D eigenvalue weighted by Gasteiger charge is 2.21. The molecule has 0 aliphatic carbocycles. The van der Waals surface area contributed by atoms with E-state index in [4.69, 9.17) is 9.15 Å². The number of esters is 1. The van der Waals surface area contributed by atoms with Gasteiger partial charge in [-0.05, 0) is 43.5 Å². The minimum absolute atomic E-state index is 0.211. The van der Waals surface area contributed by atoms with Gasteiger partial charge in [-0.15, -0.1) is 0 Å². The van der Waals surface area contributed by atoms with Crippen LogP contribution in [0.3, 0.4) is 0 Å². The second-order valence-corrected chi connectivity index (χ2v) is 4.84. The van der Waals surface area contributed by atoms with Crippen molar-refractivity contribution in [2.45, 2.75) is 33.6 Å². The zero-order valence-electron chi connectivity index (χ0n) is 12.3. The van der Waals surface area contributed by atoms with Gasteiger partial charge in [0.2, 0.25) is 11.7 Å². The van der Waals surface area contributed by atoms with Gasteiger partial charge in [0.25, 0.3) is 0 Å². The van der Waals surface area contributed by atoms with Crippen molar-refractivity contribution >= 4 is 5.97 Å². The molecule has 2 rings (SSSR count). The van der Waals surface area contributed by atoms with Crippen molar-refractivity contribution in [3.8, 4) is 11.5 Å². The number of rotatable bonds is 4. The second-order valence-electron chi connectivity index (χ2n) is 4.84. The monoisotopic (exact) mass is 273 g/mol. The summed E-state index contributed by atoms with van der Waals surface area (Å²) >= 11 is 0. The lowest BCUT2D eigenvalue weighted by Gasteiger charge is -2.01. The van der Waals surface area contributed by atoms with Crippen molar-refractivity contribution in [3.63, 3.8) is 0 Å². The quantitative estimate of drug-likeness (QED) is 0.797. The maximum Gasteiger partial charge on any atom is 0.376 e. The van der Waals surface area contributed by atoms with E-state index in [0.717, 1.165) is 17.5 Å². The number of aromatic nitrogens is 1. The van der Waals surface area contributed by atoms with E-state index in [1.807, 2.05) is 32.0 Å². The Hall–Kier alpha value is -2.10. The van der Waals surface area contributed by atoms with Crippen LogP contribution in [0.15, 0.2) is 22.6 Å². The molecule has 1 aromatic carbocycles. The van der Waals surface area contributed by atoms with E-state index in [9.17, 15) is 4.79 Å². The third kappa shape index (κ3) is 2.74. The Morgan fingerprint density at radius 3 is 2.65 bits per heavy atom. The Balaban J connectivity index is 2.46. The van der Waals surface area contributed by atoms with E-state index in [1.54, 1.807) is 0 Å². The summed E-state index contributed by atoms with van der Waals surface area (Å²) in [6, 6.07) is 5.98. The Labute approximate surface area is 118 Å². The Kier molecular flexibility index (Phi) is 4.23. The predicted octanol–water partition coefficient (Wildman–Crippen LogP) is 3.70. The topological polar surface area (TPSA) is 52.3 Å². The van der Waals surface area contributed by atoms with Crippen LogP contribution in [0.1, 0.15) is 40.7 Å². The highest BCUT2D eigenvalue weighted by atomic mass is 16.5. The lowest BCUT2D eigenvalue weighted by atomic mass is 10.1. The van der Waals surface area contributed by atoms with Gasteiger partial charge in [-0.1, -0.05) is 19.4 Å². The molecule has 0 bridgehead atoms. The van der Waals surface area contributed by atoms with Gasteiger partial charge in [-0.2, -0.15) is 0 Å². The summed E-state index contributed by atoms with van der Waals surface area (Å²) < 4.78 is 10.4. The molecule has 106 valence electrons. The number of carbonyl (C=O) groups is 1. The van der Waals surface area contributed by atoms with Crippen LogP contribution in [-0.2, 0) is 11.2 Å². The maximum absolute atomic E-state index is 11.7. The van der Waals surface area contributed by atoms with E-state index >= 15 is 0 Å². The van der Waals surface area contributed by atoms with E-state index in [2.05, 4.69) is 11.9 Å². The van der Waals surface area contributed by atoms with Crippen LogP contribution in [0.25, 0.3) is 11.5 Å². The minimum Gasteiger partial charge on any atom is -0.463 e. The van der Waals surface area contributed by atoms with Crippen molar-refractivity contribution in [1.29, 1.82) is 0 Å². The number of benzene rings is 1. The molecule has 1 aromatic heterocycles. The number of nitrogens with zero attached hydrogens (tertiary/aromatic N) is 1. The summed E-state index contributed by atoms with van der Waals surface area (Å²) in [5.74, 6) is 0.204. The van der Waals surface area contributed by atoms with Crippen LogP contribution in [0, 0.1) is 13.8 Å². The fourth-order valence-electron chi connectivity index (χ4n) is 2.01. The molecule has 4 heteroatoms. The van der Waals surface area contributed by atoms with Crippen molar-refractivity contribution in [2.24, 2.45) is 0 Å². The number of carbonyl (C=O) groups excluding carboxylic acids is 1. The summed E-state index contributed by atoms with van der Waals surface area (Å²) in [5, 5.41) is 0. The number of hydrogen-bond donors (Lipinski definition) is 0. The Morgan fingerprint density at radius 2 is 2.05 bits per heavy atom. The molecular formula is C16H19NO3. The molecule has 0 fully saturated rings. The first-order chi connectivity index (χ1) is 9.56. The summed E-state index contributed by atoms with van der Waals surface area (Å²) in [5.41, 5.74) is 3.91. The molecule has 0 amide bonds. The summed E-state index contributed by atoms with van der Waals surface area (Å²) in [4.78, 5) is 16.2. The third-order valence-electron chi connectivity index (χ3n) is 3.31. The summed E-state index contributed by atoms with van der Waals surface area (Å²) in [6.07, 6.45) is 1.58. The van der Waals surface area contributed by atoms with E-state index in [0.29, 0.717) is 18.0 Å². The molecule has 0 atom stereocenters. The number of aryl methyl sites for hydroxylation is 3. The van der Waals surface area contributed by atoms with Gasteiger partial charge in [0.1, 0.15) is 0 Å². The maximum atomic E-state index is 11.7. The average molecular weight is 273 g/mol. The first-order valence-corrected chi connectivity index (χ1v) is 6.72. The SMILES string of the molecule is CCCc1nc(-c2ccc(C)c(C)c2)oc1C(=O)OC. The lowest BCUT2D eigenvalue weighted by Crippen LogP contribution is -2.03. The van der Waals surface area contributed by atoms with Crippen LogP contribution in [0.2, 0.25) is 0 Å². The van der Waals surface area contributed by atoms with Gasteiger partial charge in [0, 0.05) is 5.56 Å². The molecule has 0 aliphatic rings. The van der Waals surface area contributed by atoms with E-state index < -0.39 is 5.97 Å². The molecule has 0 aliphatic heterocycles. The van der Waals surface area contributed by atoms with Crippen molar-refractivity contribution in [1.82, 2.24) is 4.98 Å². The van der Waals surface area contributed by atoms with Crippen LogP contribution >= 0.6 is 0 Å². The summed E-state index contributed by atoms with van der Waals surface area (Å²) in [7, 11) is 1.34. The Morgan fingerprint density at radius 1 is 1.30 bits per heavy atom. The fourth-order valence-corrected chi connectivity index (χ4v) is 2.01. The van der Waals surface area contributed by atoms with Gasteiger partial charge in [-0.25, -0.2) is 9.78 Å². The standard InChI is InChI=1S/C16H19NO3/c1-5-6-13-14(16(18)19-4)20-15(17-13)12-8-7-10(2)11(3)9-12/h7-9H,5-6H2,1-4H3. The molecule has 0 saturated heterocycles. The summed E-state index contributed by atoms with van der Waals surface area (Å²) in [6.45, 7) is 6.12. The Bertz CT molecular complexity index is 629. The lowest BCUT2D eigenvalue weighted by molar-refractivity contribution is 0.0564. The first kappa shape index (κ1) is 14.3.